The molecule has 0 amide bonds. The highest BCUT2D eigenvalue weighted by atomic mass is 79.9. The average Bonchev–Trinajstić information content (AvgIpc) is 2.62. The second kappa shape index (κ2) is 4.77. The monoisotopic (exact) mass is 292 g/mol. The van der Waals surface area contributed by atoms with E-state index in [-0.39, 0.29) is 0 Å². The normalized spacial score (nSPS) is 10.1. The fourth-order valence-corrected chi connectivity index (χ4v) is 2.84. The van der Waals surface area contributed by atoms with Crippen LogP contribution in [-0.2, 0) is 6.42 Å². The van der Waals surface area contributed by atoms with Gasteiger partial charge in [0.2, 0.25) is 0 Å². The average molecular weight is 293 g/mol. The quantitative estimate of drug-likeness (QED) is 0.840. The zero-order chi connectivity index (χ0) is 11.5. The molecule has 0 bridgehead atoms. The van der Waals surface area contributed by atoms with E-state index in [1.165, 1.54) is 5.56 Å². The number of nitrogens with zero attached hydrogens (tertiary/aromatic N) is 2. The lowest BCUT2D eigenvalue weighted by Gasteiger charge is -1.96. The van der Waals surface area contributed by atoms with Gasteiger partial charge in [0.05, 0.1) is 22.0 Å². The summed E-state index contributed by atoms with van der Waals surface area (Å²) in [4.78, 5) is 4.45. The molecule has 2 nitrogen and oxygen atoms in total. The molecule has 1 aromatic carbocycles. The largest absolute Gasteiger partial charge is 0.239 e. The van der Waals surface area contributed by atoms with Crippen LogP contribution in [0.15, 0.2) is 28.1 Å². The predicted molar refractivity (Wildman–Crippen MR) is 69.3 cm³/mol. The maximum atomic E-state index is 8.65. The van der Waals surface area contributed by atoms with Gasteiger partial charge in [0.15, 0.2) is 0 Å². The van der Waals surface area contributed by atoms with E-state index in [1.54, 1.807) is 11.3 Å². The first-order chi connectivity index (χ1) is 7.70. The van der Waals surface area contributed by atoms with Gasteiger partial charge < -0.3 is 0 Å². The van der Waals surface area contributed by atoms with Gasteiger partial charge in [-0.05, 0) is 22.9 Å². The van der Waals surface area contributed by atoms with Crippen molar-refractivity contribution in [2.45, 2.75) is 13.3 Å². The van der Waals surface area contributed by atoms with Gasteiger partial charge in [-0.3, -0.25) is 0 Å². The molecule has 16 heavy (non-hydrogen) atoms. The van der Waals surface area contributed by atoms with Crippen molar-refractivity contribution in [3.05, 3.63) is 39.3 Å². The van der Waals surface area contributed by atoms with Crippen molar-refractivity contribution in [3.8, 4) is 16.6 Å². The van der Waals surface area contributed by atoms with E-state index in [4.69, 9.17) is 5.26 Å². The number of halogens is 1. The molecule has 80 valence electrons. The zero-order valence-electron chi connectivity index (χ0n) is 8.70. The standard InChI is InChI=1S/C12H9BrN2S/c1-8-2-4-9(5-3-8)12-15-10(6-7-14)11(13)16-12/h2-5H,6H2,1H3. The summed E-state index contributed by atoms with van der Waals surface area (Å²) >= 11 is 5.00. The summed E-state index contributed by atoms with van der Waals surface area (Å²) in [5.41, 5.74) is 3.15. The smallest absolute Gasteiger partial charge is 0.124 e. The van der Waals surface area contributed by atoms with E-state index >= 15 is 0 Å². The van der Waals surface area contributed by atoms with Gasteiger partial charge in [-0.1, -0.05) is 29.8 Å². The number of aromatic nitrogens is 1. The van der Waals surface area contributed by atoms with Crippen molar-refractivity contribution in [2.24, 2.45) is 0 Å². The second-order valence-electron chi connectivity index (χ2n) is 3.44. The lowest BCUT2D eigenvalue weighted by atomic mass is 10.2. The first kappa shape index (κ1) is 11.3. The molecule has 4 heteroatoms. The van der Waals surface area contributed by atoms with Crippen LogP contribution in [0.1, 0.15) is 11.3 Å². The summed E-state index contributed by atoms with van der Waals surface area (Å²) in [6, 6.07) is 10.3. The van der Waals surface area contributed by atoms with Crippen LogP contribution >= 0.6 is 27.3 Å². The van der Waals surface area contributed by atoms with E-state index in [0.29, 0.717) is 6.42 Å². The summed E-state index contributed by atoms with van der Waals surface area (Å²) in [6.45, 7) is 2.06. The summed E-state index contributed by atoms with van der Waals surface area (Å²) in [7, 11) is 0. The second-order valence-corrected chi connectivity index (χ2v) is 5.76. The highest BCUT2D eigenvalue weighted by Crippen LogP contribution is 2.32. The number of nitriles is 1. The van der Waals surface area contributed by atoms with Crippen LogP contribution in [0.5, 0.6) is 0 Å². The number of aryl methyl sites for hydroxylation is 1. The Bertz CT molecular complexity index is 537. The van der Waals surface area contributed by atoms with Gasteiger partial charge in [-0.25, -0.2) is 4.98 Å². The number of benzene rings is 1. The predicted octanol–water partition coefficient (Wildman–Crippen LogP) is 3.95. The Morgan fingerprint density at radius 1 is 1.38 bits per heavy atom. The van der Waals surface area contributed by atoms with Crippen molar-refractivity contribution in [2.75, 3.05) is 0 Å². The minimum atomic E-state index is 0.350. The van der Waals surface area contributed by atoms with Crippen molar-refractivity contribution in [1.82, 2.24) is 4.98 Å². The Labute approximate surface area is 107 Å². The minimum Gasteiger partial charge on any atom is -0.239 e. The molecule has 0 aliphatic carbocycles. The first-order valence-electron chi connectivity index (χ1n) is 4.80. The topological polar surface area (TPSA) is 36.7 Å². The molecular weight excluding hydrogens is 284 g/mol. The summed E-state index contributed by atoms with van der Waals surface area (Å²) in [6.07, 6.45) is 0.350. The molecule has 0 atom stereocenters. The van der Waals surface area contributed by atoms with Gasteiger partial charge in [-0.2, -0.15) is 5.26 Å². The molecule has 0 radical (unpaired) electrons. The van der Waals surface area contributed by atoms with E-state index in [2.05, 4.69) is 58.2 Å². The van der Waals surface area contributed by atoms with E-state index in [1.807, 2.05) is 0 Å². The number of thiazole rings is 1. The third kappa shape index (κ3) is 2.31. The lowest BCUT2D eigenvalue weighted by Crippen LogP contribution is -1.83. The Hall–Kier alpha value is -1.18. The molecule has 0 saturated carbocycles. The molecule has 0 fully saturated rings. The maximum absolute atomic E-state index is 8.65. The van der Waals surface area contributed by atoms with E-state index in [9.17, 15) is 0 Å². The molecule has 2 aromatic rings. The first-order valence-corrected chi connectivity index (χ1v) is 6.41. The van der Waals surface area contributed by atoms with E-state index in [0.717, 1.165) is 20.1 Å². The summed E-state index contributed by atoms with van der Waals surface area (Å²) in [5, 5.41) is 9.61. The summed E-state index contributed by atoms with van der Waals surface area (Å²) in [5.74, 6) is 0. The van der Waals surface area contributed by atoms with Crippen molar-refractivity contribution in [3.63, 3.8) is 0 Å². The Morgan fingerprint density at radius 2 is 2.06 bits per heavy atom. The fraction of sp³-hybridized carbons (Fsp3) is 0.167. The van der Waals surface area contributed by atoms with Gasteiger partial charge in [0, 0.05) is 5.56 Å². The van der Waals surface area contributed by atoms with Crippen LogP contribution < -0.4 is 0 Å². The minimum absolute atomic E-state index is 0.350. The molecule has 0 aliphatic heterocycles. The SMILES string of the molecule is Cc1ccc(-c2nc(CC#N)c(Br)s2)cc1. The van der Waals surface area contributed by atoms with Gasteiger partial charge in [0.1, 0.15) is 5.01 Å². The highest BCUT2D eigenvalue weighted by Gasteiger charge is 2.09. The summed E-state index contributed by atoms with van der Waals surface area (Å²) < 4.78 is 0.949. The number of hydrogen-bond acceptors (Lipinski definition) is 3. The van der Waals surface area contributed by atoms with Crippen LogP contribution in [0.2, 0.25) is 0 Å². The Morgan fingerprint density at radius 3 is 2.69 bits per heavy atom. The number of hydrogen-bond donors (Lipinski definition) is 0. The van der Waals surface area contributed by atoms with Gasteiger partial charge >= 0.3 is 0 Å². The molecule has 0 unspecified atom stereocenters. The molecule has 2 rings (SSSR count). The van der Waals surface area contributed by atoms with Gasteiger partial charge in [-0.15, -0.1) is 11.3 Å². The molecular formula is C12H9BrN2S. The van der Waals surface area contributed by atoms with Gasteiger partial charge in [0.25, 0.3) is 0 Å². The van der Waals surface area contributed by atoms with Crippen molar-refractivity contribution in [1.29, 1.82) is 5.26 Å². The molecule has 1 heterocycles. The van der Waals surface area contributed by atoms with Crippen LogP contribution in [0.4, 0.5) is 0 Å². The van der Waals surface area contributed by atoms with Crippen molar-refractivity contribution < 1.29 is 0 Å². The molecule has 0 spiro atoms. The highest BCUT2D eigenvalue weighted by molar-refractivity contribution is 9.11. The van der Waals surface area contributed by atoms with Crippen LogP contribution in [-0.4, -0.2) is 4.98 Å². The molecule has 1 aromatic heterocycles. The van der Waals surface area contributed by atoms with Crippen LogP contribution in [0.3, 0.4) is 0 Å². The maximum Gasteiger partial charge on any atom is 0.124 e. The molecule has 0 aliphatic rings. The third-order valence-electron chi connectivity index (χ3n) is 2.19. The number of rotatable bonds is 2. The molecule has 0 N–H and O–H groups in total. The van der Waals surface area contributed by atoms with Crippen molar-refractivity contribution >= 4 is 27.3 Å². The third-order valence-corrected chi connectivity index (χ3v) is 4.07. The Kier molecular flexibility index (Phi) is 3.37. The van der Waals surface area contributed by atoms with E-state index < -0.39 is 0 Å². The van der Waals surface area contributed by atoms with Crippen LogP contribution in [0.25, 0.3) is 10.6 Å². The Balaban J connectivity index is 2.38. The van der Waals surface area contributed by atoms with Crippen LogP contribution in [0, 0.1) is 18.3 Å². The fourth-order valence-electron chi connectivity index (χ4n) is 1.34. The molecule has 0 saturated heterocycles. The zero-order valence-corrected chi connectivity index (χ0v) is 11.1. The lowest BCUT2D eigenvalue weighted by molar-refractivity contribution is 1.15.